The Bertz CT molecular complexity index is 668. The van der Waals surface area contributed by atoms with Crippen LogP contribution in [0.2, 0.25) is 5.28 Å². The van der Waals surface area contributed by atoms with Crippen LogP contribution in [0.3, 0.4) is 0 Å². The summed E-state index contributed by atoms with van der Waals surface area (Å²) in [5.74, 6) is 0.835. The van der Waals surface area contributed by atoms with Gasteiger partial charge in [0.2, 0.25) is 5.28 Å². The highest BCUT2D eigenvalue weighted by Crippen LogP contribution is 2.38. The van der Waals surface area contributed by atoms with Crippen LogP contribution >= 0.6 is 22.9 Å². The lowest BCUT2D eigenvalue weighted by molar-refractivity contribution is 0.0826. The van der Waals surface area contributed by atoms with Crippen molar-refractivity contribution < 1.29 is 9.84 Å². The molecule has 1 saturated heterocycles. The summed E-state index contributed by atoms with van der Waals surface area (Å²) in [6.45, 7) is 7.77. The number of fused-ring (bicyclic) bond motifs is 1. The molecule has 0 spiro atoms. The molecule has 21 heavy (non-hydrogen) atoms. The van der Waals surface area contributed by atoms with Gasteiger partial charge in [0, 0.05) is 11.4 Å². The smallest absolute Gasteiger partial charge is 0.224 e. The topological polar surface area (TPSA) is 58.5 Å². The minimum absolute atomic E-state index is 0.233. The van der Waals surface area contributed by atoms with Gasteiger partial charge in [0.25, 0.3) is 0 Å². The number of aliphatic hydroxyl groups is 1. The van der Waals surface area contributed by atoms with Gasteiger partial charge < -0.3 is 14.7 Å². The summed E-state index contributed by atoms with van der Waals surface area (Å²) in [6, 6.07) is 2.13. The summed E-state index contributed by atoms with van der Waals surface area (Å²) in [5.41, 5.74) is -0.114. The maximum Gasteiger partial charge on any atom is 0.224 e. The fourth-order valence-corrected chi connectivity index (χ4v) is 3.70. The van der Waals surface area contributed by atoms with Crippen LogP contribution in [0.4, 0.5) is 5.82 Å². The fourth-order valence-electron chi connectivity index (χ4n) is 2.43. The van der Waals surface area contributed by atoms with Crippen molar-refractivity contribution in [2.75, 3.05) is 24.7 Å². The molecule has 0 aromatic carbocycles. The second kappa shape index (κ2) is 5.35. The quantitative estimate of drug-likeness (QED) is 0.859. The van der Waals surface area contributed by atoms with E-state index in [1.807, 2.05) is 6.07 Å². The molecular weight excluding hydrogens is 310 g/mol. The van der Waals surface area contributed by atoms with E-state index in [0.29, 0.717) is 13.2 Å². The summed E-state index contributed by atoms with van der Waals surface area (Å²) >= 11 is 7.60. The summed E-state index contributed by atoms with van der Waals surface area (Å²) in [6.07, 6.45) is 0. The lowest BCUT2D eigenvalue weighted by Gasteiger charge is -2.34. The number of anilines is 1. The van der Waals surface area contributed by atoms with E-state index in [4.69, 9.17) is 16.3 Å². The summed E-state index contributed by atoms with van der Waals surface area (Å²) < 4.78 is 6.44. The van der Waals surface area contributed by atoms with Crippen LogP contribution in [0.5, 0.6) is 0 Å². The zero-order valence-corrected chi connectivity index (χ0v) is 13.8. The molecule has 2 aromatic rings. The first kappa shape index (κ1) is 15.0. The maximum atomic E-state index is 10.2. The molecule has 5 nitrogen and oxygen atoms in total. The third kappa shape index (κ3) is 2.85. The Labute approximate surface area is 132 Å². The lowest BCUT2D eigenvalue weighted by Crippen LogP contribution is -2.44. The van der Waals surface area contributed by atoms with E-state index in [-0.39, 0.29) is 11.3 Å². The number of thiophene rings is 1. The number of hydrogen-bond donors (Lipinski definition) is 1. The van der Waals surface area contributed by atoms with Crippen LogP contribution in [0, 0.1) is 0 Å². The molecule has 114 valence electrons. The number of ether oxygens (including phenoxy) is 1. The standard InChI is InChI=1S/C14H18ClN3O2S/c1-8-7-20-5-4-18(8)12-11-9(16-13(15)17-12)6-10(21-11)14(2,3)19/h6,8,19H,4-5,7H2,1-3H3. The predicted molar refractivity (Wildman–Crippen MR) is 85.3 cm³/mol. The zero-order chi connectivity index (χ0) is 15.2. The van der Waals surface area contributed by atoms with Gasteiger partial charge in [0.05, 0.1) is 35.1 Å². The molecule has 3 rings (SSSR count). The van der Waals surface area contributed by atoms with Crippen molar-refractivity contribution in [1.29, 1.82) is 0 Å². The summed E-state index contributed by atoms with van der Waals surface area (Å²) in [5, 5.41) is 10.4. The largest absolute Gasteiger partial charge is 0.385 e. The first-order valence-corrected chi connectivity index (χ1v) is 8.10. The molecule has 2 aromatic heterocycles. The van der Waals surface area contributed by atoms with Crippen LogP contribution in [-0.4, -0.2) is 40.9 Å². The molecule has 1 unspecified atom stereocenters. The minimum atomic E-state index is -0.897. The van der Waals surface area contributed by atoms with Crippen molar-refractivity contribution in [1.82, 2.24) is 9.97 Å². The molecule has 3 heterocycles. The minimum Gasteiger partial charge on any atom is -0.385 e. The van der Waals surface area contributed by atoms with Crippen LogP contribution in [-0.2, 0) is 10.3 Å². The zero-order valence-electron chi connectivity index (χ0n) is 12.3. The third-order valence-corrected chi connectivity index (χ3v) is 5.17. The normalized spacial score (nSPS) is 20.2. The van der Waals surface area contributed by atoms with E-state index >= 15 is 0 Å². The predicted octanol–water partition coefficient (Wildman–Crippen LogP) is 2.80. The average Bonchev–Trinajstić information content (AvgIpc) is 2.82. The molecule has 0 amide bonds. The molecule has 0 bridgehead atoms. The molecule has 1 aliphatic rings. The van der Waals surface area contributed by atoms with E-state index in [1.54, 1.807) is 13.8 Å². The van der Waals surface area contributed by atoms with Gasteiger partial charge >= 0.3 is 0 Å². The van der Waals surface area contributed by atoms with Gasteiger partial charge in [0.1, 0.15) is 0 Å². The first-order valence-electron chi connectivity index (χ1n) is 6.90. The van der Waals surface area contributed by atoms with E-state index < -0.39 is 5.60 Å². The van der Waals surface area contributed by atoms with Gasteiger partial charge in [0.15, 0.2) is 5.82 Å². The van der Waals surface area contributed by atoms with Crippen LogP contribution < -0.4 is 4.90 Å². The Hall–Kier alpha value is -0.950. The maximum absolute atomic E-state index is 10.2. The molecule has 0 aliphatic carbocycles. The van der Waals surface area contributed by atoms with E-state index in [0.717, 1.165) is 27.5 Å². The highest BCUT2D eigenvalue weighted by molar-refractivity contribution is 7.19. The van der Waals surface area contributed by atoms with Crippen molar-refractivity contribution in [2.45, 2.75) is 32.4 Å². The highest BCUT2D eigenvalue weighted by atomic mass is 35.5. The number of hydrogen-bond acceptors (Lipinski definition) is 6. The molecule has 1 aliphatic heterocycles. The molecule has 0 saturated carbocycles. The fraction of sp³-hybridized carbons (Fsp3) is 0.571. The Morgan fingerprint density at radius 2 is 2.24 bits per heavy atom. The second-order valence-electron chi connectivity index (χ2n) is 5.82. The Morgan fingerprint density at radius 3 is 2.90 bits per heavy atom. The number of halogens is 1. The van der Waals surface area contributed by atoms with Gasteiger partial charge in [-0.1, -0.05) is 0 Å². The molecule has 0 radical (unpaired) electrons. The van der Waals surface area contributed by atoms with Crippen LogP contribution in [0.15, 0.2) is 6.07 Å². The molecular formula is C14H18ClN3O2S. The van der Waals surface area contributed by atoms with Crippen molar-refractivity contribution in [3.63, 3.8) is 0 Å². The van der Waals surface area contributed by atoms with E-state index in [1.165, 1.54) is 11.3 Å². The number of morpholine rings is 1. The Morgan fingerprint density at radius 1 is 1.48 bits per heavy atom. The third-order valence-electron chi connectivity index (χ3n) is 3.57. The lowest BCUT2D eigenvalue weighted by atomic mass is 10.1. The SMILES string of the molecule is CC1COCCN1c1nc(Cl)nc2cc(C(C)(C)O)sc12. The number of rotatable bonds is 2. The van der Waals surface area contributed by atoms with Gasteiger partial charge in [-0.05, 0) is 38.4 Å². The van der Waals surface area contributed by atoms with Crippen molar-refractivity contribution in [3.05, 3.63) is 16.2 Å². The number of nitrogens with zero attached hydrogens (tertiary/aromatic N) is 3. The monoisotopic (exact) mass is 327 g/mol. The Kier molecular flexibility index (Phi) is 3.81. The van der Waals surface area contributed by atoms with E-state index in [2.05, 4.69) is 21.8 Å². The second-order valence-corrected chi connectivity index (χ2v) is 7.21. The van der Waals surface area contributed by atoms with Crippen molar-refractivity contribution in [2.24, 2.45) is 0 Å². The number of aromatic nitrogens is 2. The van der Waals surface area contributed by atoms with Crippen molar-refractivity contribution >= 4 is 39.0 Å². The molecule has 1 N–H and O–H groups in total. The molecule has 1 atom stereocenters. The van der Waals surface area contributed by atoms with Gasteiger partial charge in [-0.25, -0.2) is 4.98 Å². The van der Waals surface area contributed by atoms with Crippen LogP contribution in [0.1, 0.15) is 25.6 Å². The van der Waals surface area contributed by atoms with Gasteiger partial charge in [-0.2, -0.15) is 4.98 Å². The molecule has 1 fully saturated rings. The summed E-state index contributed by atoms with van der Waals surface area (Å²) in [7, 11) is 0. The highest BCUT2D eigenvalue weighted by Gasteiger charge is 2.26. The van der Waals surface area contributed by atoms with Crippen molar-refractivity contribution in [3.8, 4) is 0 Å². The average molecular weight is 328 g/mol. The summed E-state index contributed by atoms with van der Waals surface area (Å²) in [4.78, 5) is 11.8. The van der Waals surface area contributed by atoms with Gasteiger partial charge in [-0.3, -0.25) is 0 Å². The Balaban J connectivity index is 2.14. The van der Waals surface area contributed by atoms with Gasteiger partial charge in [-0.15, -0.1) is 11.3 Å². The first-order chi connectivity index (χ1) is 9.86. The molecule has 7 heteroatoms. The van der Waals surface area contributed by atoms with E-state index in [9.17, 15) is 5.11 Å². The van der Waals surface area contributed by atoms with Crippen LogP contribution in [0.25, 0.3) is 10.2 Å².